The summed E-state index contributed by atoms with van der Waals surface area (Å²) in [7, 11) is 0. The van der Waals surface area contributed by atoms with E-state index in [9.17, 15) is 31.5 Å². The van der Waals surface area contributed by atoms with Crippen LogP contribution in [-0.4, -0.2) is 36.8 Å². The quantitative estimate of drug-likeness (QED) is 0.240. The van der Waals surface area contributed by atoms with Gasteiger partial charge < -0.3 is 20.4 Å². The number of hydrogen-bond acceptors (Lipinski definition) is 7. The molecule has 218 valence electrons. The van der Waals surface area contributed by atoms with Crippen molar-refractivity contribution in [2.45, 2.75) is 26.2 Å². The van der Waals surface area contributed by atoms with Gasteiger partial charge in [0.05, 0.1) is 18.6 Å². The number of halogens is 5. The number of hydrogen-bond donors (Lipinski definition) is 2. The maximum Gasteiger partial charge on any atom is 0.387 e. The standard InChI is InChI=1S/C27H22F5N7O3/c28-17-5-1-15(2-6-17)14-39-26(40)36-25(38(27(39)41)13-16-3-7-18(8-4-16)42-23(31)32)34-11-12-37-22-20(35-24(37)33)10-9-19(29)21(22)30/h1-10,23H,11-14H2,(H2,33,35)(H,34,36,40). The Labute approximate surface area is 233 Å². The number of ether oxygens (including phenoxy) is 1. The zero-order valence-electron chi connectivity index (χ0n) is 21.6. The molecule has 0 bridgehead atoms. The molecule has 2 aromatic heterocycles. The summed E-state index contributed by atoms with van der Waals surface area (Å²) in [6.45, 7) is -3.44. The van der Waals surface area contributed by atoms with Crippen molar-refractivity contribution in [1.82, 2.24) is 23.7 Å². The first-order valence-corrected chi connectivity index (χ1v) is 12.4. The summed E-state index contributed by atoms with van der Waals surface area (Å²) in [5.74, 6) is -3.02. The Kier molecular flexibility index (Phi) is 7.91. The van der Waals surface area contributed by atoms with Crippen molar-refractivity contribution >= 4 is 22.9 Å². The van der Waals surface area contributed by atoms with Crippen molar-refractivity contribution < 1.29 is 26.7 Å². The summed E-state index contributed by atoms with van der Waals surface area (Å²) >= 11 is 0. The Hall–Kier alpha value is -5.21. The molecule has 0 radical (unpaired) electrons. The third-order valence-corrected chi connectivity index (χ3v) is 6.34. The van der Waals surface area contributed by atoms with Gasteiger partial charge in [0.1, 0.15) is 17.1 Å². The van der Waals surface area contributed by atoms with Crippen LogP contribution in [0.1, 0.15) is 11.1 Å². The van der Waals surface area contributed by atoms with Gasteiger partial charge in [-0.2, -0.15) is 13.8 Å². The Morgan fingerprint density at radius 3 is 2.14 bits per heavy atom. The van der Waals surface area contributed by atoms with Gasteiger partial charge in [0.2, 0.25) is 11.9 Å². The molecule has 0 aliphatic heterocycles. The van der Waals surface area contributed by atoms with Gasteiger partial charge in [-0.3, -0.25) is 4.57 Å². The van der Waals surface area contributed by atoms with E-state index in [1.165, 1.54) is 59.2 Å². The first-order valence-electron chi connectivity index (χ1n) is 12.4. The van der Waals surface area contributed by atoms with Crippen LogP contribution in [0.4, 0.5) is 33.8 Å². The highest BCUT2D eigenvalue weighted by Gasteiger charge is 2.18. The minimum Gasteiger partial charge on any atom is -0.435 e. The third-order valence-electron chi connectivity index (χ3n) is 6.34. The van der Waals surface area contributed by atoms with Gasteiger partial charge in [0, 0.05) is 13.1 Å². The maximum absolute atomic E-state index is 14.5. The smallest absolute Gasteiger partial charge is 0.387 e. The average molecular weight is 588 g/mol. The second kappa shape index (κ2) is 11.7. The number of imidazole rings is 1. The summed E-state index contributed by atoms with van der Waals surface area (Å²) < 4.78 is 74.4. The molecule has 0 fully saturated rings. The van der Waals surface area contributed by atoms with E-state index in [4.69, 9.17) is 5.73 Å². The van der Waals surface area contributed by atoms with Crippen LogP contribution in [0.15, 0.2) is 70.3 Å². The number of alkyl halides is 2. The highest BCUT2D eigenvalue weighted by molar-refractivity contribution is 5.79. The zero-order valence-corrected chi connectivity index (χ0v) is 21.6. The van der Waals surface area contributed by atoms with Crippen molar-refractivity contribution in [2.75, 3.05) is 17.6 Å². The molecule has 42 heavy (non-hydrogen) atoms. The molecule has 0 saturated heterocycles. The van der Waals surface area contributed by atoms with Gasteiger partial charge in [0.25, 0.3) is 0 Å². The summed E-state index contributed by atoms with van der Waals surface area (Å²) in [5, 5.41) is 2.86. The summed E-state index contributed by atoms with van der Waals surface area (Å²) in [6, 6.07) is 12.9. The van der Waals surface area contributed by atoms with Gasteiger partial charge in [-0.15, -0.1) is 0 Å². The minimum absolute atomic E-state index is 0.0410. The van der Waals surface area contributed by atoms with Gasteiger partial charge in [-0.25, -0.2) is 32.3 Å². The number of benzene rings is 3. The number of nitrogens with one attached hydrogen (secondary N) is 1. The van der Waals surface area contributed by atoms with Crippen LogP contribution in [0.5, 0.6) is 5.75 Å². The molecule has 2 heterocycles. The maximum atomic E-state index is 14.5. The first-order chi connectivity index (χ1) is 20.1. The number of anilines is 2. The molecule has 0 saturated carbocycles. The largest absolute Gasteiger partial charge is 0.435 e. The van der Waals surface area contributed by atoms with Crippen molar-refractivity contribution in [1.29, 1.82) is 0 Å². The molecule has 3 aromatic carbocycles. The SMILES string of the molecule is Nc1nc2ccc(F)c(F)c2n1CCNc1nc(=O)n(Cc2ccc(F)cc2)c(=O)n1Cc1ccc(OC(F)F)cc1. The predicted molar refractivity (Wildman–Crippen MR) is 143 cm³/mol. The molecule has 0 aliphatic rings. The van der Waals surface area contributed by atoms with E-state index in [-0.39, 0.29) is 54.9 Å². The molecule has 0 atom stereocenters. The fourth-order valence-corrected chi connectivity index (χ4v) is 4.35. The van der Waals surface area contributed by atoms with Crippen LogP contribution in [0.3, 0.4) is 0 Å². The molecular formula is C27H22F5N7O3. The van der Waals surface area contributed by atoms with Crippen molar-refractivity contribution in [3.05, 3.63) is 110 Å². The number of aromatic nitrogens is 5. The number of nitrogens with zero attached hydrogens (tertiary/aromatic N) is 5. The molecule has 5 aromatic rings. The molecule has 0 unspecified atom stereocenters. The molecule has 0 spiro atoms. The van der Waals surface area contributed by atoms with E-state index in [1.54, 1.807) is 0 Å². The van der Waals surface area contributed by atoms with Gasteiger partial charge in [-0.05, 0) is 47.5 Å². The van der Waals surface area contributed by atoms with Crippen LogP contribution in [0.2, 0.25) is 0 Å². The normalized spacial score (nSPS) is 11.4. The predicted octanol–water partition coefficient (Wildman–Crippen LogP) is 3.56. The summed E-state index contributed by atoms with van der Waals surface area (Å²) in [6.07, 6.45) is 0. The topological polar surface area (TPSA) is 122 Å². The lowest BCUT2D eigenvalue weighted by Gasteiger charge is -2.16. The first kappa shape index (κ1) is 28.3. The molecule has 10 nitrogen and oxygen atoms in total. The number of fused-ring (bicyclic) bond motifs is 1. The van der Waals surface area contributed by atoms with Crippen LogP contribution in [0.25, 0.3) is 11.0 Å². The molecule has 0 amide bonds. The molecule has 5 rings (SSSR count). The number of rotatable bonds is 10. The molecule has 3 N–H and O–H groups in total. The van der Waals surface area contributed by atoms with E-state index in [0.29, 0.717) is 11.1 Å². The van der Waals surface area contributed by atoms with Crippen molar-refractivity contribution in [3.8, 4) is 5.75 Å². The van der Waals surface area contributed by atoms with E-state index in [2.05, 4.69) is 20.0 Å². The van der Waals surface area contributed by atoms with E-state index in [1.807, 2.05) is 0 Å². The van der Waals surface area contributed by atoms with Gasteiger partial charge in [0.15, 0.2) is 11.6 Å². The summed E-state index contributed by atoms with van der Waals surface area (Å²) in [5.41, 5.74) is 5.18. The highest BCUT2D eigenvalue weighted by Crippen LogP contribution is 2.23. The lowest BCUT2D eigenvalue weighted by molar-refractivity contribution is -0.0498. The van der Waals surface area contributed by atoms with E-state index in [0.717, 1.165) is 15.2 Å². The molecular weight excluding hydrogens is 565 g/mol. The average Bonchev–Trinajstić information content (AvgIpc) is 3.28. The second-order valence-electron chi connectivity index (χ2n) is 9.10. The Morgan fingerprint density at radius 2 is 1.48 bits per heavy atom. The lowest BCUT2D eigenvalue weighted by Crippen LogP contribution is -2.43. The monoisotopic (exact) mass is 587 g/mol. The summed E-state index contributed by atoms with van der Waals surface area (Å²) in [4.78, 5) is 34.5. The molecule has 0 aliphatic carbocycles. The number of nitrogens with two attached hydrogens (primary N) is 1. The van der Waals surface area contributed by atoms with Crippen LogP contribution in [0, 0.1) is 17.5 Å². The Morgan fingerprint density at radius 1 is 0.833 bits per heavy atom. The third kappa shape index (κ3) is 5.94. The lowest BCUT2D eigenvalue weighted by atomic mass is 10.2. The van der Waals surface area contributed by atoms with Crippen molar-refractivity contribution in [3.63, 3.8) is 0 Å². The minimum atomic E-state index is -3.01. The van der Waals surface area contributed by atoms with Crippen LogP contribution < -0.4 is 27.2 Å². The van der Waals surface area contributed by atoms with Crippen molar-refractivity contribution in [2.24, 2.45) is 0 Å². The second-order valence-corrected chi connectivity index (χ2v) is 9.10. The molecule has 15 heteroatoms. The van der Waals surface area contributed by atoms with Crippen LogP contribution >= 0.6 is 0 Å². The fourth-order valence-electron chi connectivity index (χ4n) is 4.35. The highest BCUT2D eigenvalue weighted by atomic mass is 19.3. The van der Waals surface area contributed by atoms with E-state index >= 15 is 0 Å². The van der Waals surface area contributed by atoms with Crippen LogP contribution in [-0.2, 0) is 19.6 Å². The van der Waals surface area contributed by atoms with Gasteiger partial charge in [-0.1, -0.05) is 24.3 Å². The number of nitrogen functional groups attached to an aromatic ring is 1. The van der Waals surface area contributed by atoms with E-state index < -0.39 is 35.4 Å². The van der Waals surface area contributed by atoms with Gasteiger partial charge >= 0.3 is 18.0 Å². The zero-order chi connectivity index (χ0) is 30.0. The fraction of sp³-hybridized carbons (Fsp3) is 0.185. The Balaban J connectivity index is 1.46. The Bertz CT molecular complexity index is 1850.